The highest BCUT2D eigenvalue weighted by Gasteiger charge is 2.37. The Balaban J connectivity index is 1.31. The lowest BCUT2D eigenvalue weighted by Crippen LogP contribution is -2.37. The van der Waals surface area contributed by atoms with Crippen LogP contribution in [0.25, 0.3) is 0 Å². The molecule has 0 bridgehead atoms. The van der Waals surface area contributed by atoms with Gasteiger partial charge in [0.05, 0.1) is 6.04 Å². The summed E-state index contributed by atoms with van der Waals surface area (Å²) in [5.74, 6) is 1.23. The summed E-state index contributed by atoms with van der Waals surface area (Å²) < 4.78 is 5.22. The van der Waals surface area contributed by atoms with Gasteiger partial charge in [0.1, 0.15) is 12.4 Å². The molecule has 0 radical (unpaired) electrons. The Morgan fingerprint density at radius 3 is 2.66 bits per heavy atom. The van der Waals surface area contributed by atoms with Gasteiger partial charge in [0.25, 0.3) is 0 Å². The molecular weight excluding hydrogens is 448 g/mol. The number of hydrogen-bond donors (Lipinski definition) is 4. The van der Waals surface area contributed by atoms with E-state index in [1.807, 2.05) is 30.3 Å². The molecule has 0 spiro atoms. The highest BCUT2D eigenvalue weighted by molar-refractivity contribution is 5.89. The fourth-order valence-corrected chi connectivity index (χ4v) is 3.80. The maximum atomic E-state index is 12.2. The molecule has 2 amide bonds. The zero-order valence-electron chi connectivity index (χ0n) is 19.6. The minimum atomic E-state index is -1.10. The van der Waals surface area contributed by atoms with Crippen LogP contribution in [0.2, 0.25) is 0 Å². The first-order chi connectivity index (χ1) is 16.9. The zero-order valence-corrected chi connectivity index (χ0v) is 19.6. The maximum Gasteiger partial charge on any atom is 0.415 e. The average Bonchev–Trinajstić information content (AvgIpc) is 3.22. The number of cyclic esters (lactones) is 1. The molecule has 2 aromatic carbocycles. The van der Waals surface area contributed by atoms with Gasteiger partial charge in [-0.05, 0) is 54.3 Å². The van der Waals surface area contributed by atoms with Gasteiger partial charge < -0.3 is 20.5 Å². The zero-order chi connectivity index (χ0) is 24.8. The highest BCUT2D eigenvalue weighted by Crippen LogP contribution is 2.26. The minimum absolute atomic E-state index is 0.0479. The summed E-state index contributed by atoms with van der Waals surface area (Å²) in [4.78, 5) is 33.4. The Hall–Kier alpha value is -4.34. The fraction of sp³-hybridized carbons (Fsp3) is 0.280. The van der Waals surface area contributed by atoms with Gasteiger partial charge in [-0.15, -0.1) is 0 Å². The first-order valence-electron chi connectivity index (χ1n) is 11.4. The van der Waals surface area contributed by atoms with Crippen LogP contribution >= 0.6 is 0 Å². The second kappa shape index (κ2) is 10.7. The Kier molecular flexibility index (Phi) is 7.30. The van der Waals surface area contributed by atoms with Crippen molar-refractivity contribution in [3.05, 3.63) is 66.4 Å². The summed E-state index contributed by atoms with van der Waals surface area (Å²) in [6.07, 6.45) is 0.906. The summed E-state index contributed by atoms with van der Waals surface area (Å²) in [5.41, 5.74) is 3.30. The third-order valence-electron chi connectivity index (χ3n) is 5.62. The monoisotopic (exact) mass is 476 g/mol. The van der Waals surface area contributed by atoms with Gasteiger partial charge in [-0.25, -0.2) is 14.6 Å². The number of amides is 2. The van der Waals surface area contributed by atoms with E-state index in [9.17, 15) is 9.59 Å². The number of ether oxygens (including phenoxy) is 1. The van der Waals surface area contributed by atoms with Crippen LogP contribution in [0, 0.1) is 5.92 Å². The SMILES string of the molecule is CC(C)[C@H]1COC(=O)N1c1ccnc(NCCc2ccc(Nc3cccc(NC(=O)O)c3)cc2)n1. The summed E-state index contributed by atoms with van der Waals surface area (Å²) in [5, 5.41) is 17.7. The molecule has 0 unspecified atom stereocenters. The molecule has 4 rings (SSSR count). The second-order valence-electron chi connectivity index (χ2n) is 8.51. The Morgan fingerprint density at radius 1 is 1.14 bits per heavy atom. The molecule has 1 aliphatic rings. The molecule has 1 aliphatic heterocycles. The first kappa shape index (κ1) is 23.8. The molecule has 1 aromatic heterocycles. The maximum absolute atomic E-state index is 12.2. The molecule has 35 heavy (non-hydrogen) atoms. The quantitative estimate of drug-likeness (QED) is 0.342. The number of nitrogens with zero attached hydrogens (tertiary/aromatic N) is 3. The molecule has 10 heteroatoms. The van der Waals surface area contributed by atoms with Crippen molar-refractivity contribution in [3.8, 4) is 0 Å². The van der Waals surface area contributed by atoms with Crippen molar-refractivity contribution < 1.29 is 19.4 Å². The van der Waals surface area contributed by atoms with E-state index in [1.54, 1.807) is 35.4 Å². The topological polar surface area (TPSA) is 129 Å². The number of benzene rings is 2. The number of anilines is 5. The molecule has 2 heterocycles. The number of carbonyl (C=O) groups excluding carboxylic acids is 1. The van der Waals surface area contributed by atoms with Gasteiger partial charge >= 0.3 is 12.2 Å². The van der Waals surface area contributed by atoms with Crippen molar-refractivity contribution in [1.29, 1.82) is 0 Å². The summed E-state index contributed by atoms with van der Waals surface area (Å²) >= 11 is 0. The van der Waals surface area contributed by atoms with E-state index in [0.717, 1.165) is 23.4 Å². The first-order valence-corrected chi connectivity index (χ1v) is 11.4. The van der Waals surface area contributed by atoms with Crippen molar-refractivity contribution in [1.82, 2.24) is 9.97 Å². The number of carbonyl (C=O) groups is 2. The number of aromatic nitrogens is 2. The number of hydrogen-bond acceptors (Lipinski definition) is 7. The molecule has 1 fully saturated rings. The van der Waals surface area contributed by atoms with E-state index in [0.29, 0.717) is 30.6 Å². The van der Waals surface area contributed by atoms with Gasteiger partial charge in [0, 0.05) is 29.8 Å². The van der Waals surface area contributed by atoms with E-state index in [4.69, 9.17) is 9.84 Å². The van der Waals surface area contributed by atoms with E-state index < -0.39 is 6.09 Å². The molecule has 1 atom stereocenters. The van der Waals surface area contributed by atoms with Crippen LogP contribution < -0.4 is 20.9 Å². The summed E-state index contributed by atoms with van der Waals surface area (Å²) in [6, 6.07) is 16.7. The molecular formula is C25H28N6O4. The highest BCUT2D eigenvalue weighted by atomic mass is 16.6. The predicted octanol–water partition coefficient (Wildman–Crippen LogP) is 4.95. The standard InChI is InChI=1S/C25H28N6O4/c1-16(2)21-15-35-25(34)31(21)22-11-13-27-23(30-22)26-12-10-17-6-8-18(9-7-17)28-19-4-3-5-20(14-19)29-24(32)33/h3-9,11,13-14,16,21,28-29H,10,12,15H2,1-2H3,(H,32,33)(H,26,27,30)/t21-/m1/s1. The molecule has 4 N–H and O–H groups in total. The summed E-state index contributed by atoms with van der Waals surface area (Å²) in [7, 11) is 0. The van der Waals surface area contributed by atoms with Crippen molar-refractivity contribution in [2.75, 3.05) is 34.0 Å². The Labute approximate surface area is 203 Å². The van der Waals surface area contributed by atoms with E-state index in [2.05, 4.69) is 39.8 Å². The Bertz CT molecular complexity index is 1180. The van der Waals surface area contributed by atoms with Gasteiger partial charge in [-0.3, -0.25) is 10.2 Å². The Morgan fingerprint density at radius 2 is 1.91 bits per heavy atom. The molecule has 10 nitrogen and oxygen atoms in total. The largest absolute Gasteiger partial charge is 0.465 e. The smallest absolute Gasteiger partial charge is 0.415 e. The lowest BCUT2D eigenvalue weighted by Gasteiger charge is -2.23. The third kappa shape index (κ3) is 6.17. The molecule has 1 saturated heterocycles. The number of carboxylic acid groups (broad SMARTS) is 1. The van der Waals surface area contributed by atoms with Crippen LogP contribution in [0.1, 0.15) is 19.4 Å². The van der Waals surface area contributed by atoms with Crippen LogP contribution in [0.15, 0.2) is 60.8 Å². The number of rotatable bonds is 9. The lowest BCUT2D eigenvalue weighted by molar-refractivity contribution is 0.177. The molecule has 182 valence electrons. The second-order valence-corrected chi connectivity index (χ2v) is 8.51. The van der Waals surface area contributed by atoms with E-state index >= 15 is 0 Å². The van der Waals surface area contributed by atoms with Crippen LogP contribution in [0.3, 0.4) is 0 Å². The van der Waals surface area contributed by atoms with Crippen LogP contribution in [-0.2, 0) is 11.2 Å². The van der Waals surface area contributed by atoms with Crippen LogP contribution in [-0.4, -0.2) is 46.5 Å². The van der Waals surface area contributed by atoms with E-state index in [1.165, 1.54) is 0 Å². The third-order valence-corrected chi connectivity index (χ3v) is 5.62. The molecule has 0 aliphatic carbocycles. The van der Waals surface area contributed by atoms with Crippen molar-refractivity contribution in [2.45, 2.75) is 26.3 Å². The van der Waals surface area contributed by atoms with Gasteiger partial charge in [0.2, 0.25) is 5.95 Å². The predicted molar refractivity (Wildman–Crippen MR) is 134 cm³/mol. The molecule has 3 aromatic rings. The lowest BCUT2D eigenvalue weighted by atomic mass is 10.0. The van der Waals surface area contributed by atoms with Crippen LogP contribution in [0.5, 0.6) is 0 Å². The normalized spacial score (nSPS) is 15.1. The minimum Gasteiger partial charge on any atom is -0.465 e. The van der Waals surface area contributed by atoms with Crippen molar-refractivity contribution >= 4 is 41.0 Å². The van der Waals surface area contributed by atoms with Crippen LogP contribution in [0.4, 0.5) is 38.4 Å². The summed E-state index contributed by atoms with van der Waals surface area (Å²) in [6.45, 7) is 5.08. The van der Waals surface area contributed by atoms with Gasteiger partial charge in [-0.2, -0.15) is 4.98 Å². The van der Waals surface area contributed by atoms with E-state index in [-0.39, 0.29) is 18.1 Å². The number of nitrogens with one attached hydrogen (secondary N) is 3. The molecule has 0 saturated carbocycles. The van der Waals surface area contributed by atoms with Gasteiger partial charge in [-0.1, -0.05) is 32.0 Å². The van der Waals surface area contributed by atoms with Crippen molar-refractivity contribution in [2.24, 2.45) is 5.92 Å². The fourth-order valence-electron chi connectivity index (χ4n) is 3.80. The van der Waals surface area contributed by atoms with Crippen molar-refractivity contribution in [3.63, 3.8) is 0 Å². The van der Waals surface area contributed by atoms with Gasteiger partial charge in [0.15, 0.2) is 0 Å². The average molecular weight is 477 g/mol.